The van der Waals surface area contributed by atoms with Gasteiger partial charge < -0.3 is 16.6 Å². The maximum absolute atomic E-state index is 10.5. The molecule has 0 spiro atoms. The molecule has 82 valence electrons. The van der Waals surface area contributed by atoms with Gasteiger partial charge in [0.05, 0.1) is 0 Å². The summed E-state index contributed by atoms with van der Waals surface area (Å²) in [5, 5.41) is 8.67. The summed E-state index contributed by atoms with van der Waals surface area (Å²) in [6.45, 7) is 0.762. The zero-order valence-corrected chi connectivity index (χ0v) is 8.48. The average molecular weight is 200 g/mol. The van der Waals surface area contributed by atoms with Gasteiger partial charge in [-0.25, -0.2) is 0 Å². The number of hydrogen-bond acceptors (Lipinski definition) is 3. The topological polar surface area (TPSA) is 89.3 Å². The number of carboxylic acid groups (broad SMARTS) is 1. The summed E-state index contributed by atoms with van der Waals surface area (Å²) in [5.74, 6) is 0.252. The lowest BCUT2D eigenvalue weighted by atomic mass is 9.79. The van der Waals surface area contributed by atoms with Crippen molar-refractivity contribution in [2.75, 3.05) is 6.54 Å². The summed E-state index contributed by atoms with van der Waals surface area (Å²) in [6.07, 6.45) is 5.05. The Morgan fingerprint density at radius 1 is 1.29 bits per heavy atom. The molecule has 1 aliphatic rings. The molecule has 5 N–H and O–H groups in total. The molecule has 0 aromatic heterocycles. The van der Waals surface area contributed by atoms with Crippen molar-refractivity contribution in [2.45, 2.75) is 38.1 Å². The summed E-state index contributed by atoms with van der Waals surface area (Å²) in [4.78, 5) is 10.5. The van der Waals surface area contributed by atoms with Crippen LogP contribution < -0.4 is 11.5 Å². The zero-order valence-electron chi connectivity index (χ0n) is 8.48. The maximum atomic E-state index is 10.5. The molecule has 0 unspecified atom stereocenters. The first-order valence-electron chi connectivity index (χ1n) is 5.32. The molecule has 0 bridgehead atoms. The minimum absolute atomic E-state index is 0.490. The lowest BCUT2D eigenvalue weighted by Crippen LogP contribution is -2.33. The molecule has 0 radical (unpaired) electrons. The molecule has 4 heteroatoms. The van der Waals surface area contributed by atoms with E-state index in [2.05, 4.69) is 0 Å². The van der Waals surface area contributed by atoms with Crippen molar-refractivity contribution in [1.29, 1.82) is 0 Å². The van der Waals surface area contributed by atoms with Crippen molar-refractivity contribution in [3.63, 3.8) is 0 Å². The molecule has 0 amide bonds. The largest absolute Gasteiger partial charge is 0.480 e. The highest BCUT2D eigenvalue weighted by molar-refractivity contribution is 5.73. The van der Waals surface area contributed by atoms with Gasteiger partial charge >= 0.3 is 5.97 Å². The van der Waals surface area contributed by atoms with Crippen LogP contribution in [0, 0.1) is 11.8 Å². The first kappa shape index (κ1) is 11.5. The Balaban J connectivity index is 2.25. The Kier molecular flexibility index (Phi) is 4.35. The third-order valence-electron chi connectivity index (χ3n) is 3.20. The monoisotopic (exact) mass is 200 g/mol. The second-order valence-electron chi connectivity index (χ2n) is 4.30. The number of hydrogen-bond donors (Lipinski definition) is 3. The smallest absolute Gasteiger partial charge is 0.320 e. The van der Waals surface area contributed by atoms with Gasteiger partial charge in [0.2, 0.25) is 0 Å². The lowest BCUT2D eigenvalue weighted by Gasteiger charge is -2.28. The van der Waals surface area contributed by atoms with E-state index in [9.17, 15) is 4.79 Å². The van der Waals surface area contributed by atoms with E-state index in [1.54, 1.807) is 0 Å². The van der Waals surface area contributed by atoms with E-state index in [0.29, 0.717) is 18.3 Å². The molecule has 14 heavy (non-hydrogen) atoms. The minimum Gasteiger partial charge on any atom is -0.480 e. The van der Waals surface area contributed by atoms with E-state index in [1.807, 2.05) is 0 Å². The first-order chi connectivity index (χ1) is 6.63. The van der Waals surface area contributed by atoms with Crippen LogP contribution in [0.3, 0.4) is 0 Å². The molecule has 1 saturated carbocycles. The predicted molar refractivity (Wildman–Crippen MR) is 54.7 cm³/mol. The van der Waals surface area contributed by atoms with E-state index >= 15 is 0 Å². The molecule has 0 heterocycles. The average Bonchev–Trinajstić information content (AvgIpc) is 2.19. The van der Waals surface area contributed by atoms with Crippen molar-refractivity contribution in [3.8, 4) is 0 Å². The van der Waals surface area contributed by atoms with Gasteiger partial charge in [-0.15, -0.1) is 0 Å². The molecule has 0 saturated heterocycles. The summed E-state index contributed by atoms with van der Waals surface area (Å²) < 4.78 is 0. The normalized spacial score (nSPS) is 29.9. The summed E-state index contributed by atoms with van der Waals surface area (Å²) in [7, 11) is 0. The van der Waals surface area contributed by atoms with Gasteiger partial charge in [-0.1, -0.05) is 12.8 Å². The number of carbonyl (C=O) groups is 1. The molecule has 4 nitrogen and oxygen atoms in total. The van der Waals surface area contributed by atoms with Crippen molar-refractivity contribution in [2.24, 2.45) is 23.3 Å². The van der Waals surface area contributed by atoms with Crippen LogP contribution in [-0.2, 0) is 4.79 Å². The lowest BCUT2D eigenvalue weighted by molar-refractivity contribution is -0.139. The fraction of sp³-hybridized carbons (Fsp3) is 0.900. The summed E-state index contributed by atoms with van der Waals surface area (Å²) in [5.41, 5.74) is 11.1. The Morgan fingerprint density at radius 2 is 1.79 bits per heavy atom. The number of aliphatic carboxylic acids is 1. The van der Waals surface area contributed by atoms with Crippen LogP contribution in [0.5, 0.6) is 0 Å². The Bertz CT molecular complexity index is 189. The van der Waals surface area contributed by atoms with Crippen molar-refractivity contribution in [1.82, 2.24) is 0 Å². The molecule has 1 rings (SSSR count). The van der Waals surface area contributed by atoms with E-state index in [0.717, 1.165) is 32.2 Å². The number of carboxylic acids is 1. The third kappa shape index (κ3) is 3.27. The van der Waals surface area contributed by atoms with Crippen LogP contribution in [0.4, 0.5) is 0 Å². The quantitative estimate of drug-likeness (QED) is 0.618. The van der Waals surface area contributed by atoms with Crippen molar-refractivity contribution >= 4 is 5.97 Å². The second kappa shape index (κ2) is 5.32. The van der Waals surface area contributed by atoms with Crippen molar-refractivity contribution < 1.29 is 9.90 Å². The van der Waals surface area contributed by atoms with Crippen LogP contribution in [0.2, 0.25) is 0 Å². The van der Waals surface area contributed by atoms with E-state index in [1.165, 1.54) is 0 Å². The van der Waals surface area contributed by atoms with Gasteiger partial charge in [0, 0.05) is 0 Å². The number of rotatable bonds is 4. The van der Waals surface area contributed by atoms with Crippen molar-refractivity contribution in [3.05, 3.63) is 0 Å². The minimum atomic E-state index is -0.883. The van der Waals surface area contributed by atoms with Crippen LogP contribution in [0.1, 0.15) is 32.1 Å². The van der Waals surface area contributed by atoms with Gasteiger partial charge in [0.15, 0.2) is 0 Å². The fourth-order valence-corrected chi connectivity index (χ4v) is 2.16. The zero-order chi connectivity index (χ0) is 10.6. The van der Waals surface area contributed by atoms with Crippen LogP contribution >= 0.6 is 0 Å². The summed E-state index contributed by atoms with van der Waals surface area (Å²) >= 11 is 0. The van der Waals surface area contributed by atoms with Crippen LogP contribution in [0.25, 0.3) is 0 Å². The van der Waals surface area contributed by atoms with Crippen LogP contribution in [0.15, 0.2) is 0 Å². The molecular formula is C10H20N2O2. The second-order valence-corrected chi connectivity index (χ2v) is 4.30. The van der Waals surface area contributed by atoms with Gasteiger partial charge in [0.25, 0.3) is 0 Å². The molecule has 0 aromatic carbocycles. The molecule has 0 aromatic rings. The Hall–Kier alpha value is -0.610. The molecule has 1 fully saturated rings. The third-order valence-corrected chi connectivity index (χ3v) is 3.20. The maximum Gasteiger partial charge on any atom is 0.320 e. The molecule has 0 aliphatic heterocycles. The molecule has 1 atom stereocenters. The number of nitrogens with two attached hydrogens (primary N) is 2. The van der Waals surface area contributed by atoms with E-state index in [-0.39, 0.29) is 0 Å². The Morgan fingerprint density at radius 3 is 2.21 bits per heavy atom. The molecular weight excluding hydrogens is 180 g/mol. The highest BCUT2D eigenvalue weighted by Crippen LogP contribution is 2.30. The first-order valence-corrected chi connectivity index (χ1v) is 5.32. The standard InChI is InChI=1S/C10H20N2O2/c11-6-8-3-1-7(2-4-8)5-9(12)10(13)14/h7-9H,1-6,11-12H2,(H,13,14)/t7-,8-,9-/m0/s1. The molecule has 1 aliphatic carbocycles. The van der Waals surface area contributed by atoms with Gasteiger partial charge in [-0.2, -0.15) is 0 Å². The predicted octanol–water partition coefficient (Wildman–Crippen LogP) is 0.554. The Labute approximate surface area is 84.7 Å². The highest BCUT2D eigenvalue weighted by atomic mass is 16.4. The van der Waals surface area contributed by atoms with Crippen LogP contribution in [-0.4, -0.2) is 23.7 Å². The van der Waals surface area contributed by atoms with E-state index in [4.69, 9.17) is 16.6 Å². The van der Waals surface area contributed by atoms with E-state index < -0.39 is 12.0 Å². The summed E-state index contributed by atoms with van der Waals surface area (Å²) in [6, 6.07) is -0.686. The highest BCUT2D eigenvalue weighted by Gasteiger charge is 2.24. The SMILES string of the molecule is NC[C@H]1CC[C@H](C[C@H](N)C(=O)O)CC1. The van der Waals surface area contributed by atoms with Gasteiger partial charge in [0.1, 0.15) is 6.04 Å². The van der Waals surface area contributed by atoms with Gasteiger partial charge in [-0.05, 0) is 37.6 Å². The van der Waals surface area contributed by atoms with Gasteiger partial charge in [-0.3, -0.25) is 4.79 Å². The fourth-order valence-electron chi connectivity index (χ4n) is 2.16.